The van der Waals surface area contributed by atoms with Gasteiger partial charge in [-0.15, -0.1) is 0 Å². The molecule has 0 spiro atoms. The second kappa shape index (κ2) is 6.09. The summed E-state index contributed by atoms with van der Waals surface area (Å²) < 4.78 is 0. The Bertz CT molecular complexity index is 503. The Labute approximate surface area is 132 Å². The van der Waals surface area contributed by atoms with E-state index in [4.69, 9.17) is 16.6 Å². The van der Waals surface area contributed by atoms with Crippen molar-refractivity contribution in [3.63, 3.8) is 0 Å². The zero-order valence-electron chi connectivity index (χ0n) is 13.6. The molecule has 2 heterocycles. The molecular weight excluding hydrogens is 286 g/mol. The highest BCUT2D eigenvalue weighted by Gasteiger charge is 2.27. The van der Waals surface area contributed by atoms with Crippen LogP contribution in [-0.4, -0.2) is 34.3 Å². The van der Waals surface area contributed by atoms with E-state index in [0.717, 1.165) is 43.1 Å². The van der Waals surface area contributed by atoms with Crippen LogP contribution in [0.3, 0.4) is 0 Å². The van der Waals surface area contributed by atoms with Crippen LogP contribution in [0.5, 0.6) is 0 Å². The first-order chi connectivity index (χ1) is 9.70. The molecule has 0 bridgehead atoms. The summed E-state index contributed by atoms with van der Waals surface area (Å²) in [4.78, 5) is 11.5. The van der Waals surface area contributed by atoms with Crippen molar-refractivity contribution in [1.29, 1.82) is 0 Å². The van der Waals surface area contributed by atoms with Crippen molar-refractivity contribution in [3.05, 3.63) is 16.5 Å². The largest absolute Gasteiger partial charge is 0.393 e. The minimum atomic E-state index is -0.229. The van der Waals surface area contributed by atoms with Gasteiger partial charge in [-0.2, -0.15) is 0 Å². The van der Waals surface area contributed by atoms with Crippen molar-refractivity contribution in [1.82, 2.24) is 9.97 Å². The molecule has 0 aromatic carbocycles. The normalized spacial score (nSPS) is 18.9. The quantitative estimate of drug-likeness (QED) is 0.851. The van der Waals surface area contributed by atoms with Crippen LogP contribution >= 0.6 is 11.6 Å². The van der Waals surface area contributed by atoms with Gasteiger partial charge in [0, 0.05) is 24.1 Å². The minimum absolute atomic E-state index is 0.121. The molecule has 1 aliphatic heterocycles. The fourth-order valence-corrected chi connectivity index (χ4v) is 2.88. The number of nitrogens with zero attached hydrogens (tertiary/aromatic N) is 3. The molecule has 0 amide bonds. The number of rotatable bonds is 2. The summed E-state index contributed by atoms with van der Waals surface area (Å²) in [6.45, 7) is 12.0. The number of piperidine rings is 1. The Balaban J connectivity index is 2.26. The number of hydrogen-bond donors (Lipinski definition) is 1. The van der Waals surface area contributed by atoms with Crippen LogP contribution in [0.2, 0.25) is 5.15 Å². The van der Waals surface area contributed by atoms with E-state index in [2.05, 4.69) is 30.7 Å². The molecule has 1 aromatic rings. The third-order valence-electron chi connectivity index (χ3n) is 4.25. The van der Waals surface area contributed by atoms with Gasteiger partial charge in [0.2, 0.25) is 0 Å². The van der Waals surface area contributed by atoms with Crippen LogP contribution in [0.25, 0.3) is 0 Å². The van der Waals surface area contributed by atoms with E-state index in [1.165, 1.54) is 0 Å². The minimum Gasteiger partial charge on any atom is -0.393 e. The number of anilines is 1. The van der Waals surface area contributed by atoms with Crippen molar-refractivity contribution in [2.24, 2.45) is 5.92 Å². The van der Waals surface area contributed by atoms with Crippen molar-refractivity contribution in [3.8, 4) is 0 Å². The molecule has 2 rings (SSSR count). The van der Waals surface area contributed by atoms with E-state index >= 15 is 0 Å². The zero-order chi connectivity index (χ0) is 15.8. The maximum atomic E-state index is 9.72. The zero-order valence-corrected chi connectivity index (χ0v) is 14.4. The van der Waals surface area contributed by atoms with Crippen LogP contribution in [0.15, 0.2) is 0 Å². The fraction of sp³-hybridized carbons (Fsp3) is 0.750. The molecule has 1 atom stereocenters. The van der Waals surface area contributed by atoms with Gasteiger partial charge in [-0.3, -0.25) is 0 Å². The average Bonchev–Trinajstić information content (AvgIpc) is 2.40. The van der Waals surface area contributed by atoms with Crippen molar-refractivity contribution < 1.29 is 5.11 Å². The summed E-state index contributed by atoms with van der Waals surface area (Å²) in [6.07, 6.45) is 1.75. The SMILES string of the molecule is Cc1c(Cl)nc(C(C)(C)C)nc1N1CCC(C(C)O)CC1. The maximum absolute atomic E-state index is 9.72. The van der Waals surface area contributed by atoms with Crippen LogP contribution < -0.4 is 4.90 Å². The Morgan fingerprint density at radius 3 is 2.29 bits per heavy atom. The lowest BCUT2D eigenvalue weighted by molar-refractivity contribution is 0.109. The Morgan fingerprint density at radius 2 is 1.81 bits per heavy atom. The predicted octanol–water partition coefficient (Wildman–Crippen LogP) is 3.33. The van der Waals surface area contributed by atoms with Gasteiger partial charge in [0.05, 0.1) is 6.10 Å². The van der Waals surface area contributed by atoms with Gasteiger partial charge in [-0.1, -0.05) is 32.4 Å². The maximum Gasteiger partial charge on any atom is 0.137 e. The van der Waals surface area contributed by atoms with Gasteiger partial charge in [0.25, 0.3) is 0 Å². The number of halogens is 1. The van der Waals surface area contributed by atoms with Gasteiger partial charge in [0.1, 0.15) is 16.8 Å². The fourth-order valence-electron chi connectivity index (χ4n) is 2.72. The Kier molecular flexibility index (Phi) is 4.79. The molecular formula is C16H26ClN3O. The summed E-state index contributed by atoms with van der Waals surface area (Å²) >= 11 is 6.31. The van der Waals surface area contributed by atoms with E-state index in [-0.39, 0.29) is 11.5 Å². The van der Waals surface area contributed by atoms with E-state index in [1.807, 2.05) is 13.8 Å². The second-order valence-electron chi connectivity index (χ2n) is 7.10. The highest BCUT2D eigenvalue weighted by molar-refractivity contribution is 6.30. The molecule has 1 aliphatic rings. The third kappa shape index (κ3) is 3.67. The summed E-state index contributed by atoms with van der Waals surface area (Å²) in [6, 6.07) is 0. The molecule has 21 heavy (non-hydrogen) atoms. The number of hydrogen-bond acceptors (Lipinski definition) is 4. The lowest BCUT2D eigenvalue weighted by atomic mass is 9.92. The monoisotopic (exact) mass is 311 g/mol. The lowest BCUT2D eigenvalue weighted by Crippen LogP contribution is -2.38. The second-order valence-corrected chi connectivity index (χ2v) is 7.46. The predicted molar refractivity (Wildman–Crippen MR) is 87.1 cm³/mol. The van der Waals surface area contributed by atoms with Gasteiger partial charge < -0.3 is 10.0 Å². The van der Waals surface area contributed by atoms with E-state index < -0.39 is 0 Å². The summed E-state index contributed by atoms with van der Waals surface area (Å²) in [7, 11) is 0. The van der Waals surface area contributed by atoms with Gasteiger partial charge in [-0.05, 0) is 32.6 Å². The molecule has 0 saturated carbocycles. The van der Waals surface area contributed by atoms with E-state index in [9.17, 15) is 5.11 Å². The molecule has 0 radical (unpaired) electrons. The summed E-state index contributed by atoms with van der Waals surface area (Å²) in [5.74, 6) is 2.12. The molecule has 4 nitrogen and oxygen atoms in total. The first-order valence-electron chi connectivity index (χ1n) is 7.67. The van der Waals surface area contributed by atoms with Crippen LogP contribution in [0, 0.1) is 12.8 Å². The molecule has 1 saturated heterocycles. The lowest BCUT2D eigenvalue weighted by Gasteiger charge is -2.35. The third-order valence-corrected chi connectivity index (χ3v) is 4.62. The molecule has 0 aliphatic carbocycles. The van der Waals surface area contributed by atoms with E-state index in [1.54, 1.807) is 0 Å². The summed E-state index contributed by atoms with van der Waals surface area (Å²) in [5, 5.41) is 10.3. The first kappa shape index (κ1) is 16.5. The van der Waals surface area contributed by atoms with Crippen molar-refractivity contribution in [2.45, 2.75) is 59.0 Å². The Hall–Kier alpha value is -0.870. The number of aromatic nitrogens is 2. The first-order valence-corrected chi connectivity index (χ1v) is 8.05. The van der Waals surface area contributed by atoms with Crippen molar-refractivity contribution in [2.75, 3.05) is 18.0 Å². The standard InChI is InChI=1S/C16H26ClN3O/c1-10-13(17)18-15(16(3,4)5)19-14(10)20-8-6-12(7-9-20)11(2)21/h11-12,21H,6-9H2,1-5H3. The molecule has 1 fully saturated rings. The smallest absolute Gasteiger partial charge is 0.137 e. The topological polar surface area (TPSA) is 49.2 Å². The highest BCUT2D eigenvalue weighted by atomic mass is 35.5. The Morgan fingerprint density at radius 1 is 1.24 bits per heavy atom. The average molecular weight is 312 g/mol. The van der Waals surface area contributed by atoms with Gasteiger partial charge in [-0.25, -0.2) is 9.97 Å². The molecule has 1 N–H and O–H groups in total. The molecule has 5 heteroatoms. The molecule has 118 valence electrons. The van der Waals surface area contributed by atoms with Crippen LogP contribution in [0.1, 0.15) is 51.9 Å². The number of aliphatic hydroxyl groups is 1. The summed E-state index contributed by atoms with van der Waals surface area (Å²) in [5.41, 5.74) is 0.824. The van der Waals surface area contributed by atoms with Gasteiger partial charge >= 0.3 is 0 Å². The van der Waals surface area contributed by atoms with Crippen LogP contribution in [-0.2, 0) is 5.41 Å². The number of aliphatic hydroxyl groups excluding tert-OH is 1. The molecule has 1 aromatic heterocycles. The molecule has 1 unspecified atom stereocenters. The highest BCUT2D eigenvalue weighted by Crippen LogP contribution is 2.31. The van der Waals surface area contributed by atoms with E-state index in [0.29, 0.717) is 11.1 Å². The van der Waals surface area contributed by atoms with Crippen molar-refractivity contribution >= 4 is 17.4 Å². The van der Waals surface area contributed by atoms with Crippen LogP contribution in [0.4, 0.5) is 5.82 Å². The van der Waals surface area contributed by atoms with Gasteiger partial charge in [0.15, 0.2) is 0 Å².